The lowest BCUT2D eigenvalue weighted by atomic mass is 10.1. The first kappa shape index (κ1) is 14.1. The second-order valence-corrected chi connectivity index (χ2v) is 4.51. The highest BCUT2D eigenvalue weighted by atomic mass is 19.4. The number of hydrogen-bond donors (Lipinski definition) is 1. The molecular formula is C14H9F3N4O. The molecule has 0 atom stereocenters. The molecule has 2 heterocycles. The predicted molar refractivity (Wildman–Crippen MR) is 72.4 cm³/mol. The molecule has 1 amide bonds. The van der Waals surface area contributed by atoms with E-state index in [1.165, 1.54) is 10.7 Å². The van der Waals surface area contributed by atoms with E-state index in [9.17, 15) is 18.0 Å². The molecule has 0 aliphatic rings. The van der Waals surface area contributed by atoms with Gasteiger partial charge >= 0.3 is 6.18 Å². The third-order valence-electron chi connectivity index (χ3n) is 2.98. The summed E-state index contributed by atoms with van der Waals surface area (Å²) in [5.74, 6) is -0.526. The predicted octanol–water partition coefficient (Wildman–Crippen LogP) is 3.00. The fourth-order valence-corrected chi connectivity index (χ4v) is 1.89. The molecule has 0 aliphatic carbocycles. The second kappa shape index (κ2) is 5.14. The number of alkyl halides is 3. The van der Waals surface area contributed by atoms with Gasteiger partial charge in [0.05, 0.1) is 29.8 Å². The molecule has 1 aromatic carbocycles. The smallest absolute Gasteiger partial charge is 0.319 e. The molecule has 8 heteroatoms. The molecule has 0 fully saturated rings. The topological polar surface area (TPSA) is 59.3 Å². The number of anilines is 1. The van der Waals surface area contributed by atoms with Crippen LogP contribution >= 0.6 is 0 Å². The van der Waals surface area contributed by atoms with Gasteiger partial charge in [-0.15, -0.1) is 0 Å². The third-order valence-corrected chi connectivity index (χ3v) is 2.98. The zero-order valence-corrected chi connectivity index (χ0v) is 11.0. The number of carbonyl (C=O) groups excluding carboxylic acids is 1. The Kier molecular flexibility index (Phi) is 3.28. The van der Waals surface area contributed by atoms with E-state index in [0.717, 1.165) is 24.3 Å². The zero-order chi connectivity index (χ0) is 15.7. The number of rotatable bonds is 2. The van der Waals surface area contributed by atoms with Crippen LogP contribution < -0.4 is 5.32 Å². The largest absolute Gasteiger partial charge is 0.416 e. The van der Waals surface area contributed by atoms with E-state index >= 15 is 0 Å². The van der Waals surface area contributed by atoms with Crippen LogP contribution in [0.5, 0.6) is 0 Å². The van der Waals surface area contributed by atoms with Crippen molar-refractivity contribution >= 4 is 17.2 Å². The number of nitrogens with zero attached hydrogens (tertiary/aromatic N) is 3. The van der Waals surface area contributed by atoms with E-state index in [1.54, 1.807) is 18.5 Å². The van der Waals surface area contributed by atoms with E-state index in [0.29, 0.717) is 11.3 Å². The lowest BCUT2D eigenvalue weighted by molar-refractivity contribution is -0.137. The van der Waals surface area contributed by atoms with Crippen molar-refractivity contribution in [3.63, 3.8) is 0 Å². The number of benzene rings is 1. The Hall–Kier alpha value is -2.90. The first-order valence-electron chi connectivity index (χ1n) is 6.21. The van der Waals surface area contributed by atoms with Crippen LogP contribution in [0.25, 0.3) is 5.65 Å². The molecule has 2 aromatic heterocycles. The maximum absolute atomic E-state index is 12.5. The van der Waals surface area contributed by atoms with Crippen LogP contribution in [0.15, 0.2) is 48.9 Å². The summed E-state index contributed by atoms with van der Waals surface area (Å²) in [6.45, 7) is 0. The molecule has 3 aromatic rings. The number of carbonyl (C=O) groups is 1. The van der Waals surface area contributed by atoms with Gasteiger partial charge in [-0.3, -0.25) is 4.79 Å². The van der Waals surface area contributed by atoms with Gasteiger partial charge in [-0.25, -0.2) is 9.50 Å². The maximum Gasteiger partial charge on any atom is 0.416 e. The Morgan fingerprint density at radius 1 is 1.14 bits per heavy atom. The highest BCUT2D eigenvalue weighted by Crippen LogP contribution is 2.29. The van der Waals surface area contributed by atoms with Crippen LogP contribution in [-0.4, -0.2) is 20.5 Å². The molecule has 0 unspecified atom stereocenters. The summed E-state index contributed by atoms with van der Waals surface area (Å²) in [7, 11) is 0. The normalized spacial score (nSPS) is 11.6. The Balaban J connectivity index is 1.78. The lowest BCUT2D eigenvalue weighted by Crippen LogP contribution is -2.13. The molecule has 112 valence electrons. The van der Waals surface area contributed by atoms with Gasteiger partial charge < -0.3 is 5.32 Å². The number of fused-ring (bicyclic) bond motifs is 1. The minimum Gasteiger partial charge on any atom is -0.319 e. The summed E-state index contributed by atoms with van der Waals surface area (Å²) in [6.07, 6.45) is 0.136. The summed E-state index contributed by atoms with van der Waals surface area (Å²) in [6, 6.07) is 5.67. The molecule has 0 radical (unpaired) electrons. The van der Waals surface area contributed by atoms with Gasteiger partial charge in [0, 0.05) is 11.6 Å². The van der Waals surface area contributed by atoms with Crippen LogP contribution in [0.3, 0.4) is 0 Å². The molecule has 0 saturated heterocycles. The summed E-state index contributed by atoms with van der Waals surface area (Å²) >= 11 is 0. The molecule has 0 spiro atoms. The third kappa shape index (κ3) is 2.76. The van der Waals surface area contributed by atoms with Gasteiger partial charge in [0.1, 0.15) is 0 Å². The van der Waals surface area contributed by atoms with Crippen LogP contribution in [-0.2, 0) is 6.18 Å². The van der Waals surface area contributed by atoms with E-state index in [2.05, 4.69) is 15.4 Å². The monoisotopic (exact) mass is 306 g/mol. The summed E-state index contributed by atoms with van der Waals surface area (Å²) in [5.41, 5.74) is 0.325. The van der Waals surface area contributed by atoms with Crippen LogP contribution in [0.4, 0.5) is 18.9 Å². The fourth-order valence-electron chi connectivity index (χ4n) is 1.89. The van der Waals surface area contributed by atoms with E-state index in [1.807, 2.05) is 0 Å². The summed E-state index contributed by atoms with van der Waals surface area (Å²) in [5, 5.41) is 6.53. The number of halogens is 3. The Labute approximate surface area is 122 Å². The van der Waals surface area contributed by atoms with E-state index in [4.69, 9.17) is 0 Å². The second-order valence-electron chi connectivity index (χ2n) is 4.51. The van der Waals surface area contributed by atoms with Crippen molar-refractivity contribution in [2.75, 3.05) is 5.32 Å². The van der Waals surface area contributed by atoms with E-state index in [-0.39, 0.29) is 5.56 Å². The Morgan fingerprint density at radius 2 is 1.86 bits per heavy atom. The highest BCUT2D eigenvalue weighted by Gasteiger charge is 2.30. The molecule has 3 rings (SSSR count). The molecule has 0 bridgehead atoms. The number of hydrogen-bond acceptors (Lipinski definition) is 3. The minimum absolute atomic E-state index is 0.119. The lowest BCUT2D eigenvalue weighted by Gasteiger charge is -2.08. The van der Waals surface area contributed by atoms with Crippen molar-refractivity contribution in [3.8, 4) is 0 Å². The zero-order valence-electron chi connectivity index (χ0n) is 11.0. The maximum atomic E-state index is 12.5. The van der Waals surface area contributed by atoms with Gasteiger partial charge in [0.15, 0.2) is 5.65 Å². The first-order chi connectivity index (χ1) is 10.4. The average molecular weight is 306 g/mol. The van der Waals surface area contributed by atoms with Crippen molar-refractivity contribution in [1.29, 1.82) is 0 Å². The van der Waals surface area contributed by atoms with Gasteiger partial charge in [-0.05, 0) is 24.3 Å². The number of aromatic nitrogens is 3. The molecule has 0 saturated carbocycles. The van der Waals surface area contributed by atoms with Crippen LogP contribution in [0, 0.1) is 0 Å². The van der Waals surface area contributed by atoms with Crippen molar-refractivity contribution in [1.82, 2.24) is 14.6 Å². The van der Waals surface area contributed by atoms with Gasteiger partial charge in [-0.1, -0.05) is 0 Å². The Morgan fingerprint density at radius 3 is 2.55 bits per heavy atom. The average Bonchev–Trinajstić information content (AvgIpc) is 2.94. The minimum atomic E-state index is -4.43. The molecule has 0 aliphatic heterocycles. The standard InChI is InChI=1S/C14H9F3N4O/c15-14(16,17)10-3-1-9(2-4-10)13(22)20-11-7-18-12-5-6-19-21(12)8-11/h1-8H,(H,20,22). The fraction of sp³-hybridized carbons (Fsp3) is 0.0714. The van der Waals surface area contributed by atoms with Crippen molar-refractivity contribution < 1.29 is 18.0 Å². The van der Waals surface area contributed by atoms with Crippen LogP contribution in [0.1, 0.15) is 15.9 Å². The van der Waals surface area contributed by atoms with Crippen molar-refractivity contribution in [3.05, 3.63) is 60.0 Å². The Bertz CT molecular complexity index is 824. The van der Waals surface area contributed by atoms with Gasteiger partial charge in [0.2, 0.25) is 0 Å². The molecule has 5 nitrogen and oxygen atoms in total. The van der Waals surface area contributed by atoms with Crippen molar-refractivity contribution in [2.45, 2.75) is 6.18 Å². The molecular weight excluding hydrogens is 297 g/mol. The number of nitrogens with one attached hydrogen (secondary N) is 1. The molecule has 1 N–H and O–H groups in total. The van der Waals surface area contributed by atoms with Gasteiger partial charge in [-0.2, -0.15) is 18.3 Å². The first-order valence-corrected chi connectivity index (χ1v) is 6.21. The SMILES string of the molecule is O=C(Nc1cnc2ccnn2c1)c1ccc(C(F)(F)F)cc1. The van der Waals surface area contributed by atoms with Gasteiger partial charge in [0.25, 0.3) is 5.91 Å². The van der Waals surface area contributed by atoms with Crippen molar-refractivity contribution in [2.24, 2.45) is 0 Å². The summed E-state index contributed by atoms with van der Waals surface area (Å²) < 4.78 is 38.9. The summed E-state index contributed by atoms with van der Waals surface area (Å²) in [4.78, 5) is 16.1. The number of amides is 1. The molecule has 22 heavy (non-hydrogen) atoms. The highest BCUT2D eigenvalue weighted by molar-refractivity contribution is 6.04. The van der Waals surface area contributed by atoms with E-state index < -0.39 is 17.6 Å². The van der Waals surface area contributed by atoms with Crippen LogP contribution in [0.2, 0.25) is 0 Å². The quantitative estimate of drug-likeness (QED) is 0.792.